The zero-order chi connectivity index (χ0) is 16.5. The molecule has 0 aliphatic heterocycles. The molecule has 1 aromatic heterocycles. The van der Waals surface area contributed by atoms with Gasteiger partial charge in [-0.2, -0.15) is 0 Å². The molecule has 5 unspecified atom stereocenters. The second-order valence-electron chi connectivity index (χ2n) is 9.50. The minimum atomic E-state index is -0.0460. The minimum Gasteiger partial charge on any atom is -0.393 e. The fourth-order valence-electron chi connectivity index (χ4n) is 7.51. The van der Waals surface area contributed by atoms with Crippen LogP contribution in [-0.2, 0) is 0 Å². The summed E-state index contributed by atoms with van der Waals surface area (Å²) in [6.07, 6.45) is 17.1. The third-order valence-electron chi connectivity index (χ3n) is 8.62. The van der Waals surface area contributed by atoms with Crippen LogP contribution in [0.25, 0.3) is 5.70 Å². The topological polar surface area (TPSA) is 38.0 Å². The van der Waals surface area contributed by atoms with Crippen LogP contribution in [0, 0.1) is 34.5 Å². The monoisotopic (exact) mass is 326 g/mol. The first-order chi connectivity index (χ1) is 11.5. The van der Waals surface area contributed by atoms with Crippen molar-refractivity contribution < 1.29 is 5.11 Å². The third-order valence-corrected chi connectivity index (χ3v) is 8.62. The van der Waals surface area contributed by atoms with Crippen LogP contribution in [0.1, 0.15) is 58.8 Å². The van der Waals surface area contributed by atoms with Crippen molar-refractivity contribution in [1.29, 1.82) is 0 Å². The Morgan fingerprint density at radius 1 is 1.21 bits per heavy atom. The van der Waals surface area contributed by atoms with Crippen molar-refractivity contribution in [2.45, 2.75) is 64.9 Å². The Hall–Kier alpha value is -1.09. The number of allylic oxidation sites excluding steroid dienone is 2. The van der Waals surface area contributed by atoms with E-state index in [9.17, 15) is 5.11 Å². The van der Waals surface area contributed by atoms with Gasteiger partial charge in [0, 0.05) is 23.5 Å². The molecule has 0 radical (unpaired) electrons. The van der Waals surface area contributed by atoms with Gasteiger partial charge in [0.2, 0.25) is 0 Å². The van der Waals surface area contributed by atoms with Gasteiger partial charge in [0.05, 0.1) is 12.4 Å². The molecule has 3 saturated carbocycles. The van der Waals surface area contributed by atoms with E-state index >= 15 is 0 Å². The minimum absolute atomic E-state index is 0.0460. The maximum absolute atomic E-state index is 10.3. The van der Waals surface area contributed by atoms with E-state index in [0.29, 0.717) is 10.8 Å². The largest absolute Gasteiger partial charge is 0.393 e. The van der Waals surface area contributed by atoms with Crippen LogP contribution >= 0.6 is 0 Å². The average Bonchev–Trinajstić information content (AvgIpc) is 3.22. The average molecular weight is 326 g/mol. The number of hydrogen-bond acceptors (Lipinski definition) is 2. The normalized spacial score (nSPS) is 50.1. The van der Waals surface area contributed by atoms with Crippen LogP contribution in [0.15, 0.2) is 24.8 Å². The van der Waals surface area contributed by atoms with Crippen molar-refractivity contribution in [2.75, 3.05) is 0 Å². The molecular weight excluding hydrogens is 296 g/mol. The molecule has 5 rings (SSSR count). The van der Waals surface area contributed by atoms with Gasteiger partial charge in [-0.25, -0.2) is 4.98 Å². The van der Waals surface area contributed by atoms with Crippen LogP contribution in [0.3, 0.4) is 0 Å². The quantitative estimate of drug-likeness (QED) is 0.833. The molecule has 3 fully saturated rings. The Morgan fingerprint density at radius 3 is 2.88 bits per heavy atom. The van der Waals surface area contributed by atoms with Gasteiger partial charge in [0.1, 0.15) is 0 Å². The molecular formula is C21H30N2O. The number of aliphatic hydroxyl groups is 1. The molecule has 0 bridgehead atoms. The first-order valence-electron chi connectivity index (χ1n) is 9.89. The van der Waals surface area contributed by atoms with Gasteiger partial charge < -0.3 is 9.67 Å². The van der Waals surface area contributed by atoms with Crippen molar-refractivity contribution in [3.63, 3.8) is 0 Å². The van der Waals surface area contributed by atoms with Crippen LogP contribution in [0.4, 0.5) is 0 Å². The molecule has 7 atom stereocenters. The first kappa shape index (κ1) is 15.2. The molecule has 3 heteroatoms. The fourth-order valence-corrected chi connectivity index (χ4v) is 7.51. The molecule has 24 heavy (non-hydrogen) atoms. The number of nitrogens with zero attached hydrogens (tertiary/aromatic N) is 2. The van der Waals surface area contributed by atoms with Crippen molar-refractivity contribution in [3.05, 3.63) is 24.8 Å². The number of hydrogen-bond donors (Lipinski definition) is 1. The van der Waals surface area contributed by atoms with Crippen molar-refractivity contribution >= 4 is 5.70 Å². The van der Waals surface area contributed by atoms with Crippen LogP contribution in [0.2, 0.25) is 0 Å². The second kappa shape index (κ2) is 4.97. The molecule has 0 amide bonds. The summed E-state index contributed by atoms with van der Waals surface area (Å²) in [4.78, 5) is 4.27. The van der Waals surface area contributed by atoms with E-state index in [-0.39, 0.29) is 6.10 Å². The van der Waals surface area contributed by atoms with Gasteiger partial charge in [-0.3, -0.25) is 0 Å². The maximum atomic E-state index is 10.3. The molecule has 1 N–H and O–H groups in total. The van der Waals surface area contributed by atoms with E-state index in [1.54, 1.807) is 0 Å². The predicted molar refractivity (Wildman–Crippen MR) is 95.0 cm³/mol. The van der Waals surface area contributed by atoms with E-state index in [4.69, 9.17) is 0 Å². The van der Waals surface area contributed by atoms with E-state index < -0.39 is 0 Å². The summed E-state index contributed by atoms with van der Waals surface area (Å²) in [6, 6.07) is 0. The van der Waals surface area contributed by atoms with Crippen LogP contribution in [0.5, 0.6) is 0 Å². The summed E-state index contributed by atoms with van der Waals surface area (Å²) in [5.74, 6) is 3.21. The van der Waals surface area contributed by atoms with E-state index in [1.165, 1.54) is 37.8 Å². The Kier molecular flexibility index (Phi) is 3.14. The lowest BCUT2D eigenvalue weighted by molar-refractivity contribution is -0.0666. The number of imidazole rings is 1. The van der Waals surface area contributed by atoms with Crippen LogP contribution in [-0.4, -0.2) is 20.8 Å². The molecule has 1 heterocycles. The molecule has 4 aliphatic carbocycles. The molecule has 1 aromatic rings. The summed E-state index contributed by atoms with van der Waals surface area (Å²) >= 11 is 0. The number of fused-ring (bicyclic) bond motifs is 5. The van der Waals surface area contributed by atoms with Crippen LogP contribution < -0.4 is 0 Å². The first-order valence-corrected chi connectivity index (χ1v) is 9.89. The number of aliphatic hydroxyl groups excluding tert-OH is 1. The lowest BCUT2D eigenvalue weighted by Crippen LogP contribution is -2.50. The Bertz CT molecular complexity index is 665. The molecule has 0 saturated heterocycles. The highest BCUT2D eigenvalue weighted by molar-refractivity contribution is 5.56. The second-order valence-corrected chi connectivity index (χ2v) is 9.50. The zero-order valence-corrected chi connectivity index (χ0v) is 15.0. The maximum Gasteiger partial charge on any atom is 0.0989 e. The van der Waals surface area contributed by atoms with E-state index in [0.717, 1.165) is 36.5 Å². The Morgan fingerprint density at radius 2 is 2.08 bits per heavy atom. The van der Waals surface area contributed by atoms with Gasteiger partial charge in [-0.05, 0) is 74.0 Å². The van der Waals surface area contributed by atoms with Gasteiger partial charge in [-0.15, -0.1) is 0 Å². The molecule has 3 nitrogen and oxygen atoms in total. The van der Waals surface area contributed by atoms with Crippen molar-refractivity contribution in [1.82, 2.24) is 9.55 Å². The summed E-state index contributed by atoms with van der Waals surface area (Å²) in [7, 11) is 0. The SMILES string of the molecule is C[C@]12CC(O)CC1CCC1C2CC[C@]2(C)C(n3ccnc3)=CCC12. The van der Waals surface area contributed by atoms with Gasteiger partial charge in [0.25, 0.3) is 0 Å². The number of rotatable bonds is 1. The van der Waals surface area contributed by atoms with Gasteiger partial charge in [0.15, 0.2) is 0 Å². The molecule has 4 aliphatic rings. The highest BCUT2D eigenvalue weighted by atomic mass is 16.3. The summed E-state index contributed by atoms with van der Waals surface area (Å²) < 4.78 is 2.26. The highest BCUT2D eigenvalue weighted by Gasteiger charge is 2.60. The molecule has 0 spiro atoms. The Balaban J connectivity index is 1.47. The van der Waals surface area contributed by atoms with E-state index in [2.05, 4.69) is 35.7 Å². The van der Waals surface area contributed by atoms with Gasteiger partial charge >= 0.3 is 0 Å². The van der Waals surface area contributed by atoms with E-state index in [1.807, 2.05) is 12.5 Å². The highest BCUT2D eigenvalue weighted by Crippen LogP contribution is 2.67. The third kappa shape index (κ3) is 1.85. The lowest BCUT2D eigenvalue weighted by atomic mass is 9.48. The standard InChI is InChI=1S/C21H30N2O/c1-20-8-7-18-16(4-3-14-11-15(24)12-21(14,18)2)17(20)5-6-19(20)23-10-9-22-13-23/h6,9-10,13-18,24H,3-5,7-8,11-12H2,1-2H3/t14?,15?,16?,17?,18?,20-,21-/m0/s1. The zero-order valence-electron chi connectivity index (χ0n) is 15.0. The van der Waals surface area contributed by atoms with Crippen molar-refractivity contribution in [3.8, 4) is 0 Å². The number of aromatic nitrogens is 2. The summed E-state index contributed by atoms with van der Waals surface area (Å²) in [5.41, 5.74) is 2.19. The fraction of sp³-hybridized carbons (Fsp3) is 0.762. The molecule has 0 aromatic carbocycles. The lowest BCUT2D eigenvalue weighted by Gasteiger charge is -2.57. The summed E-state index contributed by atoms with van der Waals surface area (Å²) in [6.45, 7) is 5.01. The smallest absolute Gasteiger partial charge is 0.0989 e. The summed E-state index contributed by atoms with van der Waals surface area (Å²) in [5, 5.41) is 10.3. The Labute approximate surface area is 145 Å². The van der Waals surface area contributed by atoms with Gasteiger partial charge in [-0.1, -0.05) is 19.9 Å². The van der Waals surface area contributed by atoms with Crippen molar-refractivity contribution in [2.24, 2.45) is 34.5 Å². The molecule has 130 valence electrons. The predicted octanol–water partition coefficient (Wildman–Crippen LogP) is 4.35.